The van der Waals surface area contributed by atoms with Crippen molar-refractivity contribution in [3.63, 3.8) is 0 Å². The number of carbonyl (C=O) groups is 2. The quantitative estimate of drug-likeness (QED) is 0.413. The highest BCUT2D eigenvalue weighted by Crippen LogP contribution is 2.29. The van der Waals surface area contributed by atoms with Gasteiger partial charge in [0.15, 0.2) is 0 Å². The summed E-state index contributed by atoms with van der Waals surface area (Å²) in [4.78, 5) is 27.7. The molecule has 0 aliphatic rings. The number of benzene rings is 2. The van der Waals surface area contributed by atoms with E-state index in [9.17, 15) is 18.0 Å². The average Bonchev–Trinajstić information content (AvgIpc) is 2.86. The van der Waals surface area contributed by atoms with Crippen LogP contribution in [0.5, 0.6) is 5.75 Å². The fraction of sp³-hybridized carbons (Fsp3) is 0.481. The largest absolute Gasteiger partial charge is 0.495 e. The fourth-order valence-electron chi connectivity index (χ4n) is 3.85. The number of anilines is 1. The smallest absolute Gasteiger partial charge is 0.242 e. The van der Waals surface area contributed by atoms with Crippen molar-refractivity contribution in [2.45, 2.75) is 58.5 Å². The highest BCUT2D eigenvalue weighted by Gasteiger charge is 2.27. The average molecular weight is 518 g/mol. The van der Waals surface area contributed by atoms with Gasteiger partial charge in [0.1, 0.15) is 11.8 Å². The van der Waals surface area contributed by atoms with Crippen molar-refractivity contribution >= 4 is 27.5 Å². The van der Waals surface area contributed by atoms with Crippen LogP contribution in [0.1, 0.15) is 45.6 Å². The second-order valence-electron chi connectivity index (χ2n) is 8.93. The van der Waals surface area contributed by atoms with Crippen molar-refractivity contribution in [2.75, 3.05) is 30.8 Å². The minimum atomic E-state index is -3.60. The summed E-state index contributed by atoms with van der Waals surface area (Å²) in [6, 6.07) is 16.0. The highest BCUT2D eigenvalue weighted by molar-refractivity contribution is 7.92. The first-order chi connectivity index (χ1) is 17.1. The molecule has 36 heavy (non-hydrogen) atoms. The summed E-state index contributed by atoms with van der Waals surface area (Å²) in [5, 5.41) is 2.96. The van der Waals surface area contributed by atoms with Crippen LogP contribution in [0.2, 0.25) is 0 Å². The third-order valence-corrected chi connectivity index (χ3v) is 7.34. The SMILES string of the molecule is CC[C@H](C)NC(=O)[C@@H](C)N(CCc1ccccc1)C(=O)CCCN(c1ccccc1OC)S(C)(=O)=O. The van der Waals surface area contributed by atoms with Gasteiger partial charge in [0.25, 0.3) is 0 Å². The van der Waals surface area contributed by atoms with Crippen LogP contribution >= 0.6 is 0 Å². The lowest BCUT2D eigenvalue weighted by molar-refractivity contribution is -0.140. The van der Waals surface area contributed by atoms with Crippen molar-refractivity contribution in [2.24, 2.45) is 0 Å². The van der Waals surface area contributed by atoms with Gasteiger partial charge in [0.2, 0.25) is 21.8 Å². The summed E-state index contributed by atoms with van der Waals surface area (Å²) in [5.74, 6) is 0.0535. The number of amides is 2. The van der Waals surface area contributed by atoms with Crippen molar-refractivity contribution in [1.29, 1.82) is 0 Å². The molecule has 0 unspecified atom stereocenters. The van der Waals surface area contributed by atoms with Crippen LogP contribution in [0.15, 0.2) is 54.6 Å². The molecule has 0 aliphatic heterocycles. The number of ether oxygens (including phenoxy) is 1. The summed E-state index contributed by atoms with van der Waals surface area (Å²) < 4.78 is 31.6. The second kappa shape index (κ2) is 13.9. The van der Waals surface area contributed by atoms with Gasteiger partial charge in [-0.2, -0.15) is 0 Å². The summed E-state index contributed by atoms with van der Waals surface area (Å²) in [6.45, 7) is 6.16. The number of hydrogen-bond donors (Lipinski definition) is 1. The van der Waals surface area contributed by atoms with Gasteiger partial charge in [-0.1, -0.05) is 49.4 Å². The minimum absolute atomic E-state index is 0.00944. The molecule has 2 aromatic rings. The molecule has 2 aromatic carbocycles. The molecule has 0 aliphatic carbocycles. The molecule has 2 atom stereocenters. The van der Waals surface area contributed by atoms with Crippen LogP contribution in [0.3, 0.4) is 0 Å². The molecule has 0 heterocycles. The Labute approximate surface area is 215 Å². The van der Waals surface area contributed by atoms with E-state index in [-0.39, 0.29) is 30.8 Å². The monoisotopic (exact) mass is 517 g/mol. The van der Waals surface area contributed by atoms with Crippen LogP contribution in [-0.4, -0.2) is 63.7 Å². The third-order valence-electron chi connectivity index (χ3n) is 6.16. The van der Waals surface area contributed by atoms with Crippen molar-refractivity contribution < 1.29 is 22.7 Å². The minimum Gasteiger partial charge on any atom is -0.495 e. The molecule has 8 nitrogen and oxygen atoms in total. The van der Waals surface area contributed by atoms with Gasteiger partial charge in [-0.3, -0.25) is 13.9 Å². The zero-order valence-corrected chi connectivity index (χ0v) is 22.8. The van der Waals surface area contributed by atoms with E-state index in [2.05, 4.69) is 5.32 Å². The number of nitrogens with zero attached hydrogens (tertiary/aromatic N) is 2. The Hall–Kier alpha value is -3.07. The molecule has 0 aromatic heterocycles. The number of para-hydroxylation sites is 2. The maximum Gasteiger partial charge on any atom is 0.242 e. The van der Waals surface area contributed by atoms with E-state index in [0.717, 1.165) is 18.2 Å². The molecule has 9 heteroatoms. The molecular weight excluding hydrogens is 478 g/mol. The lowest BCUT2D eigenvalue weighted by atomic mass is 10.1. The number of carbonyl (C=O) groups excluding carboxylic acids is 2. The van der Waals surface area contributed by atoms with Crippen LogP contribution in [0.4, 0.5) is 5.69 Å². The van der Waals surface area contributed by atoms with Gasteiger partial charge in [-0.15, -0.1) is 0 Å². The maximum atomic E-state index is 13.3. The Kier molecular flexibility index (Phi) is 11.2. The first-order valence-electron chi connectivity index (χ1n) is 12.3. The Morgan fingerprint density at radius 1 is 1.00 bits per heavy atom. The topological polar surface area (TPSA) is 96.0 Å². The molecule has 0 spiro atoms. The number of sulfonamides is 1. The zero-order chi connectivity index (χ0) is 26.7. The molecule has 0 fully saturated rings. The van der Waals surface area contributed by atoms with Crippen molar-refractivity contribution in [1.82, 2.24) is 10.2 Å². The normalized spacial score (nSPS) is 12.9. The summed E-state index contributed by atoms with van der Waals surface area (Å²) >= 11 is 0. The van der Waals surface area contributed by atoms with Gasteiger partial charge >= 0.3 is 0 Å². The molecule has 0 saturated carbocycles. The number of hydrogen-bond acceptors (Lipinski definition) is 5. The third kappa shape index (κ3) is 8.55. The Balaban J connectivity index is 2.14. The standard InChI is InChI=1S/C27H39N3O5S/c1-6-21(2)28-27(32)22(3)29(20-18-23-13-8-7-9-14-23)26(31)17-12-19-30(36(5,33)34)24-15-10-11-16-25(24)35-4/h7-11,13-16,21-22H,6,12,17-20H2,1-5H3,(H,28,32)/t21-,22+/m0/s1. The first kappa shape index (κ1) is 29.2. The van der Waals surface area contributed by atoms with E-state index in [1.807, 2.05) is 44.2 Å². The molecule has 1 N–H and O–H groups in total. The summed E-state index contributed by atoms with van der Waals surface area (Å²) in [5.41, 5.74) is 1.50. The summed E-state index contributed by atoms with van der Waals surface area (Å²) in [7, 11) is -2.11. The highest BCUT2D eigenvalue weighted by atomic mass is 32.2. The predicted octanol–water partition coefficient (Wildman–Crippen LogP) is 3.62. The lowest BCUT2D eigenvalue weighted by Crippen LogP contribution is -2.50. The Bertz CT molecular complexity index is 1090. The van der Waals surface area contributed by atoms with Crippen LogP contribution < -0.4 is 14.4 Å². The van der Waals surface area contributed by atoms with Gasteiger partial charge in [-0.05, 0) is 50.8 Å². The van der Waals surface area contributed by atoms with E-state index in [1.165, 1.54) is 11.4 Å². The number of rotatable bonds is 14. The Morgan fingerprint density at radius 2 is 1.64 bits per heavy atom. The van der Waals surface area contributed by atoms with Crippen LogP contribution in [0, 0.1) is 0 Å². The van der Waals surface area contributed by atoms with E-state index in [1.54, 1.807) is 36.1 Å². The van der Waals surface area contributed by atoms with E-state index in [0.29, 0.717) is 30.8 Å². The van der Waals surface area contributed by atoms with E-state index >= 15 is 0 Å². The van der Waals surface area contributed by atoms with Gasteiger partial charge in [0.05, 0.1) is 19.1 Å². The Morgan fingerprint density at radius 3 is 2.25 bits per heavy atom. The lowest BCUT2D eigenvalue weighted by Gasteiger charge is -2.30. The molecule has 0 radical (unpaired) electrons. The first-order valence-corrected chi connectivity index (χ1v) is 14.2. The van der Waals surface area contributed by atoms with Gasteiger partial charge in [0, 0.05) is 25.6 Å². The molecule has 2 amide bonds. The molecule has 0 saturated heterocycles. The fourth-order valence-corrected chi connectivity index (χ4v) is 4.82. The van der Waals surface area contributed by atoms with Crippen molar-refractivity contribution in [3.8, 4) is 5.75 Å². The molecular formula is C27H39N3O5S. The van der Waals surface area contributed by atoms with Crippen LogP contribution in [0.25, 0.3) is 0 Å². The van der Waals surface area contributed by atoms with E-state index < -0.39 is 16.1 Å². The summed E-state index contributed by atoms with van der Waals surface area (Å²) in [6.07, 6.45) is 2.95. The maximum absolute atomic E-state index is 13.3. The van der Waals surface area contributed by atoms with Crippen molar-refractivity contribution in [3.05, 3.63) is 60.2 Å². The molecule has 2 rings (SSSR count). The number of methoxy groups -OCH3 is 1. The molecule has 0 bridgehead atoms. The van der Waals surface area contributed by atoms with Gasteiger partial charge in [-0.25, -0.2) is 8.42 Å². The second-order valence-corrected chi connectivity index (χ2v) is 10.8. The zero-order valence-electron chi connectivity index (χ0n) is 21.9. The van der Waals surface area contributed by atoms with E-state index in [4.69, 9.17) is 4.74 Å². The molecule has 198 valence electrons. The van der Waals surface area contributed by atoms with Crippen LogP contribution in [-0.2, 0) is 26.0 Å². The number of nitrogens with one attached hydrogen (secondary N) is 1. The predicted molar refractivity (Wildman–Crippen MR) is 144 cm³/mol. The van der Waals surface area contributed by atoms with Gasteiger partial charge < -0.3 is 15.0 Å².